The molecule has 0 radical (unpaired) electrons. The zero-order valence-electron chi connectivity index (χ0n) is 10.8. The third-order valence-electron chi connectivity index (χ3n) is 3.65. The van der Waals surface area contributed by atoms with Gasteiger partial charge in [0.15, 0.2) is 0 Å². The lowest BCUT2D eigenvalue weighted by molar-refractivity contribution is -0.136. The summed E-state index contributed by atoms with van der Waals surface area (Å²) in [7, 11) is 1.84. The van der Waals surface area contributed by atoms with Gasteiger partial charge in [0.05, 0.1) is 0 Å². The van der Waals surface area contributed by atoms with Crippen LogP contribution in [0.4, 0.5) is 0 Å². The van der Waals surface area contributed by atoms with Crippen molar-refractivity contribution < 1.29 is 4.79 Å². The molecule has 0 bridgehead atoms. The topological polar surface area (TPSA) is 32.3 Å². The van der Waals surface area contributed by atoms with Gasteiger partial charge in [-0.05, 0) is 30.6 Å². The molecule has 1 heterocycles. The smallest absolute Gasteiger partial charge is 0.225 e. The Balaban J connectivity index is 1.96. The first-order valence-corrected chi connectivity index (χ1v) is 6.66. The molecule has 1 aromatic rings. The minimum Gasteiger partial charge on any atom is -0.341 e. The fourth-order valence-corrected chi connectivity index (χ4v) is 2.37. The van der Waals surface area contributed by atoms with Crippen molar-refractivity contribution in [3.63, 3.8) is 0 Å². The van der Waals surface area contributed by atoms with Crippen LogP contribution in [0.15, 0.2) is 24.3 Å². The average Bonchev–Trinajstić information content (AvgIpc) is 2.28. The highest BCUT2D eigenvalue weighted by Crippen LogP contribution is 2.21. The second kappa shape index (κ2) is 5.72. The predicted molar refractivity (Wildman–Crippen MR) is 73.4 cm³/mol. The fraction of sp³-hybridized carbons (Fsp3) is 0.500. The van der Waals surface area contributed by atoms with Gasteiger partial charge in [-0.15, -0.1) is 0 Å². The van der Waals surface area contributed by atoms with Crippen LogP contribution in [0.5, 0.6) is 0 Å². The summed E-state index contributed by atoms with van der Waals surface area (Å²) in [5.74, 6) is 0.756. The Morgan fingerprint density at radius 1 is 1.50 bits per heavy atom. The summed E-state index contributed by atoms with van der Waals surface area (Å²) in [5, 5.41) is 3.92. The van der Waals surface area contributed by atoms with Crippen LogP contribution in [0.25, 0.3) is 0 Å². The van der Waals surface area contributed by atoms with Gasteiger partial charge in [-0.3, -0.25) is 4.79 Å². The number of benzene rings is 1. The van der Waals surface area contributed by atoms with Crippen LogP contribution >= 0.6 is 11.6 Å². The van der Waals surface area contributed by atoms with E-state index >= 15 is 0 Å². The standard InChI is InChI=1S/C14H19ClN2O/c1-10(12-7-16-8-12)14(18)17(2)9-11-5-3-4-6-13(11)15/h3-6,10,12,16H,7-9H2,1-2H3. The Kier molecular flexibility index (Phi) is 4.25. The maximum absolute atomic E-state index is 12.2. The van der Waals surface area contributed by atoms with Crippen LogP contribution in [0.1, 0.15) is 12.5 Å². The lowest BCUT2D eigenvalue weighted by atomic mass is 9.88. The Hall–Kier alpha value is -1.06. The van der Waals surface area contributed by atoms with Gasteiger partial charge in [-0.2, -0.15) is 0 Å². The van der Waals surface area contributed by atoms with Crippen LogP contribution in [-0.4, -0.2) is 30.9 Å². The largest absolute Gasteiger partial charge is 0.341 e. The molecule has 0 aromatic heterocycles. The minimum absolute atomic E-state index is 0.0822. The van der Waals surface area contributed by atoms with E-state index in [1.165, 1.54) is 0 Å². The number of carbonyl (C=O) groups excluding carboxylic acids is 1. The van der Waals surface area contributed by atoms with Gasteiger partial charge in [0.1, 0.15) is 0 Å². The molecule has 0 aliphatic carbocycles. The number of halogens is 1. The summed E-state index contributed by atoms with van der Waals surface area (Å²) < 4.78 is 0. The van der Waals surface area contributed by atoms with Crippen LogP contribution in [0.2, 0.25) is 5.02 Å². The predicted octanol–water partition coefficient (Wildman–Crippen LogP) is 2.15. The van der Waals surface area contributed by atoms with Crippen molar-refractivity contribution in [3.8, 4) is 0 Å². The molecule has 0 spiro atoms. The fourth-order valence-electron chi connectivity index (χ4n) is 2.17. The molecule has 1 N–H and O–H groups in total. The molecule has 3 nitrogen and oxygen atoms in total. The molecule has 1 fully saturated rings. The first kappa shape index (κ1) is 13.4. The van der Waals surface area contributed by atoms with Crippen molar-refractivity contribution in [2.45, 2.75) is 13.5 Å². The van der Waals surface area contributed by atoms with E-state index in [4.69, 9.17) is 11.6 Å². The van der Waals surface area contributed by atoms with Crippen LogP contribution in [0.3, 0.4) is 0 Å². The van der Waals surface area contributed by atoms with E-state index in [2.05, 4.69) is 5.32 Å². The van der Waals surface area contributed by atoms with Crippen molar-refractivity contribution >= 4 is 17.5 Å². The molecular weight excluding hydrogens is 248 g/mol. The zero-order valence-corrected chi connectivity index (χ0v) is 11.6. The highest BCUT2D eigenvalue weighted by molar-refractivity contribution is 6.31. The number of hydrogen-bond acceptors (Lipinski definition) is 2. The summed E-state index contributed by atoms with van der Waals surface area (Å²) in [6.07, 6.45) is 0. The van der Waals surface area contributed by atoms with E-state index < -0.39 is 0 Å². The number of rotatable bonds is 4. The quantitative estimate of drug-likeness (QED) is 0.906. The van der Waals surface area contributed by atoms with Gasteiger partial charge in [0.25, 0.3) is 0 Å². The highest BCUT2D eigenvalue weighted by Gasteiger charge is 2.30. The molecule has 4 heteroatoms. The molecule has 18 heavy (non-hydrogen) atoms. The van der Waals surface area contributed by atoms with Crippen molar-refractivity contribution in [2.75, 3.05) is 20.1 Å². The lowest BCUT2D eigenvalue weighted by Crippen LogP contribution is -2.49. The summed E-state index contributed by atoms with van der Waals surface area (Å²) in [6.45, 7) is 4.49. The minimum atomic E-state index is 0.0822. The number of nitrogens with zero attached hydrogens (tertiary/aromatic N) is 1. The molecule has 1 atom stereocenters. The van der Waals surface area contributed by atoms with Crippen molar-refractivity contribution in [1.82, 2.24) is 10.2 Å². The van der Waals surface area contributed by atoms with Crippen LogP contribution in [-0.2, 0) is 11.3 Å². The summed E-state index contributed by atoms with van der Waals surface area (Å²) in [4.78, 5) is 14.0. The first-order chi connectivity index (χ1) is 8.59. The summed E-state index contributed by atoms with van der Waals surface area (Å²) >= 11 is 6.11. The van der Waals surface area contributed by atoms with Crippen molar-refractivity contribution in [3.05, 3.63) is 34.9 Å². The van der Waals surface area contributed by atoms with Gasteiger partial charge in [0.2, 0.25) is 5.91 Å². The molecule has 1 aromatic carbocycles. The molecule has 1 saturated heterocycles. The second-order valence-corrected chi connectivity index (χ2v) is 5.40. The Morgan fingerprint density at radius 3 is 2.72 bits per heavy atom. The van der Waals surface area contributed by atoms with E-state index in [9.17, 15) is 4.79 Å². The van der Waals surface area contributed by atoms with Gasteiger partial charge >= 0.3 is 0 Å². The molecule has 2 rings (SSSR count). The number of hydrogen-bond donors (Lipinski definition) is 1. The maximum Gasteiger partial charge on any atom is 0.225 e. The average molecular weight is 267 g/mol. The van der Waals surface area contributed by atoms with Crippen molar-refractivity contribution in [1.29, 1.82) is 0 Å². The van der Waals surface area contributed by atoms with Gasteiger partial charge in [-0.1, -0.05) is 36.7 Å². The monoisotopic (exact) mass is 266 g/mol. The van der Waals surface area contributed by atoms with Crippen LogP contribution < -0.4 is 5.32 Å². The molecular formula is C14H19ClN2O. The molecule has 0 saturated carbocycles. The van der Waals surface area contributed by atoms with Crippen LogP contribution in [0, 0.1) is 11.8 Å². The van der Waals surface area contributed by atoms with Gasteiger partial charge < -0.3 is 10.2 Å². The molecule has 1 amide bonds. The van der Waals surface area contributed by atoms with Crippen molar-refractivity contribution in [2.24, 2.45) is 11.8 Å². The molecule has 1 aliphatic heterocycles. The lowest BCUT2D eigenvalue weighted by Gasteiger charge is -2.34. The third kappa shape index (κ3) is 2.85. The molecule has 1 aliphatic rings. The Labute approximate surface area is 113 Å². The van der Waals surface area contributed by atoms with Gasteiger partial charge in [-0.25, -0.2) is 0 Å². The second-order valence-electron chi connectivity index (χ2n) is 4.99. The third-order valence-corrected chi connectivity index (χ3v) is 4.02. The van der Waals surface area contributed by atoms with E-state index in [-0.39, 0.29) is 11.8 Å². The maximum atomic E-state index is 12.2. The number of amides is 1. The SMILES string of the molecule is CC(C(=O)N(C)Cc1ccccc1Cl)C1CNC1. The number of nitrogens with one attached hydrogen (secondary N) is 1. The van der Waals surface area contributed by atoms with E-state index in [0.29, 0.717) is 12.5 Å². The number of carbonyl (C=O) groups is 1. The summed E-state index contributed by atoms with van der Waals surface area (Å²) in [6, 6.07) is 7.66. The normalized spacial score (nSPS) is 17.1. The zero-order chi connectivity index (χ0) is 13.1. The first-order valence-electron chi connectivity index (χ1n) is 6.28. The Bertz CT molecular complexity index is 432. The summed E-state index contributed by atoms with van der Waals surface area (Å²) in [5.41, 5.74) is 0.994. The van der Waals surface area contributed by atoms with E-state index in [0.717, 1.165) is 23.7 Å². The molecule has 98 valence electrons. The van der Waals surface area contributed by atoms with Gasteiger partial charge in [0, 0.05) is 24.5 Å². The van der Waals surface area contributed by atoms with E-state index in [1.807, 2.05) is 38.2 Å². The highest BCUT2D eigenvalue weighted by atomic mass is 35.5. The van der Waals surface area contributed by atoms with E-state index in [1.54, 1.807) is 4.90 Å². The molecule has 1 unspecified atom stereocenters. The Morgan fingerprint density at radius 2 is 2.17 bits per heavy atom.